The van der Waals surface area contributed by atoms with E-state index in [4.69, 9.17) is 4.74 Å². The molecule has 2 saturated carbocycles. The van der Waals surface area contributed by atoms with Gasteiger partial charge in [0.15, 0.2) is 0 Å². The average Bonchev–Trinajstić information content (AvgIpc) is 2.23. The van der Waals surface area contributed by atoms with Gasteiger partial charge in [-0.05, 0) is 50.2 Å². The Bertz CT molecular complexity index is 429. The molecule has 0 aromatic rings. The van der Waals surface area contributed by atoms with Crippen molar-refractivity contribution in [1.82, 2.24) is 0 Å². The van der Waals surface area contributed by atoms with Gasteiger partial charge in [-0.3, -0.25) is 4.79 Å². The number of ether oxygens (including phenoxy) is 1. The van der Waals surface area contributed by atoms with Gasteiger partial charge in [-0.1, -0.05) is 6.92 Å². The van der Waals surface area contributed by atoms with Crippen LogP contribution < -0.4 is 0 Å². The molecule has 1 N–H and O–H groups in total. The topological polar surface area (TPSA) is 46.5 Å². The molecule has 94 valence electrons. The zero-order valence-corrected chi connectivity index (χ0v) is 10.9. The Hall–Kier alpha value is -0.830. The molecular weight excluding hydrogens is 216 g/mol. The van der Waals surface area contributed by atoms with Crippen molar-refractivity contribution in [2.24, 2.45) is 22.7 Å². The molecule has 0 aromatic carbocycles. The van der Waals surface area contributed by atoms with Crippen LogP contribution >= 0.6 is 0 Å². The molecule has 3 aliphatic rings. The molecule has 3 aliphatic carbocycles. The number of rotatable bonds is 2. The van der Waals surface area contributed by atoms with Gasteiger partial charge in [0.25, 0.3) is 0 Å². The van der Waals surface area contributed by atoms with Crippen molar-refractivity contribution in [1.29, 1.82) is 0 Å². The van der Waals surface area contributed by atoms with Gasteiger partial charge in [-0.2, -0.15) is 0 Å². The molecule has 4 atom stereocenters. The molecule has 3 heteroatoms. The van der Waals surface area contributed by atoms with Gasteiger partial charge in [0.05, 0.1) is 11.5 Å². The van der Waals surface area contributed by atoms with E-state index in [2.05, 4.69) is 6.92 Å². The summed E-state index contributed by atoms with van der Waals surface area (Å²) in [5.74, 6) is 0.882. The summed E-state index contributed by atoms with van der Waals surface area (Å²) >= 11 is 0. The maximum atomic E-state index is 11.7. The number of carbonyl (C=O) groups excluding carboxylic acids is 1. The minimum absolute atomic E-state index is 0.163. The van der Waals surface area contributed by atoms with E-state index >= 15 is 0 Å². The Labute approximate surface area is 102 Å². The van der Waals surface area contributed by atoms with E-state index in [0.29, 0.717) is 18.4 Å². The fourth-order valence-electron chi connectivity index (χ4n) is 3.80. The maximum Gasteiger partial charge on any atom is 0.311 e. The van der Waals surface area contributed by atoms with Crippen LogP contribution in [0.3, 0.4) is 0 Å². The summed E-state index contributed by atoms with van der Waals surface area (Å²) in [6, 6.07) is 0. The molecule has 2 fully saturated rings. The van der Waals surface area contributed by atoms with E-state index in [9.17, 15) is 9.90 Å². The minimum atomic E-state index is -0.446. The summed E-state index contributed by atoms with van der Waals surface area (Å²) in [5.41, 5.74) is 2.18. The van der Waals surface area contributed by atoms with E-state index in [1.807, 2.05) is 20.8 Å². The zero-order chi connectivity index (χ0) is 12.6. The number of carbonyl (C=O) groups is 1. The molecule has 17 heavy (non-hydrogen) atoms. The fraction of sp³-hybridized carbons (Fsp3) is 0.786. The standard InChI is InChI=1S/C14H20O3/c1-13(2,3)12(16)17-6-7-8-5-9-11(15)10(7)14(8,9)4/h8-9,11,15H,5-6H2,1-4H3/t8-,9+,11?,14?/m1/s1. The summed E-state index contributed by atoms with van der Waals surface area (Å²) in [7, 11) is 0. The summed E-state index contributed by atoms with van der Waals surface area (Å²) < 4.78 is 5.34. The van der Waals surface area contributed by atoms with Crippen molar-refractivity contribution in [2.75, 3.05) is 6.61 Å². The van der Waals surface area contributed by atoms with E-state index in [0.717, 1.165) is 6.42 Å². The first-order valence-corrected chi connectivity index (χ1v) is 6.36. The molecule has 2 unspecified atom stereocenters. The molecule has 0 radical (unpaired) electrons. The second kappa shape index (κ2) is 2.94. The van der Waals surface area contributed by atoms with Crippen LogP contribution in [0.1, 0.15) is 34.1 Å². The van der Waals surface area contributed by atoms with Crippen LogP contribution in [0.15, 0.2) is 11.1 Å². The average molecular weight is 236 g/mol. The van der Waals surface area contributed by atoms with Crippen LogP contribution in [0.2, 0.25) is 0 Å². The van der Waals surface area contributed by atoms with E-state index < -0.39 is 5.41 Å². The molecule has 0 aliphatic heterocycles. The van der Waals surface area contributed by atoms with Crippen LogP contribution in [0, 0.1) is 22.7 Å². The Kier molecular flexibility index (Phi) is 1.95. The summed E-state index contributed by atoms with van der Waals surface area (Å²) in [5, 5.41) is 9.91. The predicted molar refractivity (Wildman–Crippen MR) is 63.2 cm³/mol. The highest BCUT2D eigenvalue weighted by molar-refractivity contribution is 5.75. The molecule has 3 rings (SSSR count). The fourth-order valence-corrected chi connectivity index (χ4v) is 3.80. The van der Waals surface area contributed by atoms with Gasteiger partial charge in [0.1, 0.15) is 6.61 Å². The van der Waals surface area contributed by atoms with E-state index in [1.165, 1.54) is 11.1 Å². The molecule has 0 aromatic heterocycles. The number of aliphatic hydroxyl groups is 1. The first-order valence-electron chi connectivity index (χ1n) is 6.36. The van der Waals surface area contributed by atoms with Crippen molar-refractivity contribution in [3.05, 3.63) is 11.1 Å². The van der Waals surface area contributed by atoms with Crippen LogP contribution in [0.5, 0.6) is 0 Å². The molecular formula is C14H20O3. The highest BCUT2D eigenvalue weighted by Crippen LogP contribution is 2.77. The number of hydrogen-bond donors (Lipinski definition) is 1. The summed E-state index contributed by atoms with van der Waals surface area (Å²) in [6.45, 7) is 8.18. The van der Waals surface area contributed by atoms with Gasteiger partial charge < -0.3 is 9.84 Å². The SMILES string of the molecule is CC(C)(C)C(=O)OCC1=C2C(O)[C@@H]3C[C@H]1C23C. The lowest BCUT2D eigenvalue weighted by molar-refractivity contribution is -0.179. The van der Waals surface area contributed by atoms with Crippen LogP contribution in [0.25, 0.3) is 0 Å². The van der Waals surface area contributed by atoms with Crippen molar-refractivity contribution < 1.29 is 14.6 Å². The summed E-state index contributed by atoms with van der Waals surface area (Å²) in [6.07, 6.45) is 0.817. The third kappa shape index (κ3) is 1.13. The second-order valence-electron chi connectivity index (χ2n) is 6.89. The maximum absolute atomic E-state index is 11.7. The molecule has 0 amide bonds. The molecule has 0 spiro atoms. The van der Waals surface area contributed by atoms with Gasteiger partial charge in [0, 0.05) is 5.41 Å². The van der Waals surface area contributed by atoms with Crippen molar-refractivity contribution >= 4 is 5.97 Å². The number of aliphatic hydroxyl groups excluding tert-OH is 1. The largest absolute Gasteiger partial charge is 0.461 e. The highest BCUT2D eigenvalue weighted by Gasteiger charge is 2.74. The molecule has 0 saturated heterocycles. The molecule has 3 nitrogen and oxygen atoms in total. The summed E-state index contributed by atoms with van der Waals surface area (Å²) in [4.78, 5) is 11.7. The van der Waals surface area contributed by atoms with Gasteiger partial charge in [-0.15, -0.1) is 0 Å². The van der Waals surface area contributed by atoms with E-state index in [-0.39, 0.29) is 17.5 Å². The quantitative estimate of drug-likeness (QED) is 0.588. The lowest BCUT2D eigenvalue weighted by atomic mass is 9.30. The van der Waals surface area contributed by atoms with Crippen LogP contribution in [0.4, 0.5) is 0 Å². The number of esters is 1. The highest BCUT2D eigenvalue weighted by atomic mass is 16.5. The van der Waals surface area contributed by atoms with Crippen LogP contribution in [-0.4, -0.2) is 23.8 Å². The Morgan fingerprint density at radius 1 is 1.53 bits per heavy atom. The van der Waals surface area contributed by atoms with Gasteiger partial charge in [-0.25, -0.2) is 0 Å². The van der Waals surface area contributed by atoms with Crippen molar-refractivity contribution in [2.45, 2.75) is 40.2 Å². The third-order valence-electron chi connectivity index (χ3n) is 4.98. The first-order chi connectivity index (χ1) is 7.78. The van der Waals surface area contributed by atoms with Gasteiger partial charge >= 0.3 is 5.97 Å². The molecule has 0 heterocycles. The Morgan fingerprint density at radius 3 is 2.65 bits per heavy atom. The third-order valence-corrected chi connectivity index (χ3v) is 4.98. The smallest absolute Gasteiger partial charge is 0.311 e. The Balaban J connectivity index is 1.67. The van der Waals surface area contributed by atoms with Crippen LogP contribution in [-0.2, 0) is 9.53 Å². The van der Waals surface area contributed by atoms with Gasteiger partial charge in [0.2, 0.25) is 0 Å². The first kappa shape index (κ1) is 11.3. The zero-order valence-electron chi connectivity index (χ0n) is 10.9. The lowest BCUT2D eigenvalue weighted by Crippen LogP contribution is -2.72. The van der Waals surface area contributed by atoms with Crippen molar-refractivity contribution in [3.8, 4) is 0 Å². The monoisotopic (exact) mass is 236 g/mol. The van der Waals surface area contributed by atoms with Crippen molar-refractivity contribution in [3.63, 3.8) is 0 Å². The Morgan fingerprint density at radius 2 is 2.18 bits per heavy atom. The predicted octanol–water partition coefficient (Wildman–Crippen LogP) is 1.90. The lowest BCUT2D eigenvalue weighted by Gasteiger charge is -2.75. The second-order valence-corrected chi connectivity index (χ2v) is 6.89. The van der Waals surface area contributed by atoms with E-state index in [1.54, 1.807) is 0 Å². The normalized spacial score (nSPS) is 42.1. The minimum Gasteiger partial charge on any atom is -0.461 e. The number of hydrogen-bond acceptors (Lipinski definition) is 3. The molecule has 0 bridgehead atoms.